The van der Waals surface area contributed by atoms with Gasteiger partial charge in [0.15, 0.2) is 13.7 Å². The fourth-order valence-electron chi connectivity index (χ4n) is 9.62. The van der Waals surface area contributed by atoms with Crippen molar-refractivity contribution in [3.8, 4) is 28.3 Å². The third-order valence-electron chi connectivity index (χ3n) is 12.4. The van der Waals surface area contributed by atoms with E-state index in [9.17, 15) is 0 Å². The lowest BCUT2D eigenvalue weighted by molar-refractivity contribution is 0.671. The first-order chi connectivity index (χ1) is 30.3. The van der Waals surface area contributed by atoms with E-state index in [-0.39, 0.29) is 0 Å². The van der Waals surface area contributed by atoms with Crippen LogP contribution in [0.15, 0.2) is 229 Å². The number of furan rings is 1. The molecule has 0 fully saturated rings. The molecule has 0 atom stereocenters. The Kier molecular flexibility index (Phi) is 8.15. The molecule has 0 spiro atoms. The van der Waals surface area contributed by atoms with Crippen LogP contribution in [0.25, 0.3) is 83.0 Å². The molecular weight excluding hydrogens is 759 g/mol. The Labute approximate surface area is 353 Å². The number of benzene rings is 9. The largest absolute Gasteiger partial charge is 0.454 e. The first-order valence-electron chi connectivity index (χ1n) is 20.7. The number of aromatic nitrogens is 3. The summed E-state index contributed by atoms with van der Waals surface area (Å²) in [4.78, 5) is 10.9. The molecule has 0 amide bonds. The van der Waals surface area contributed by atoms with Crippen molar-refractivity contribution in [1.82, 2.24) is 14.5 Å². The quantitative estimate of drug-likeness (QED) is 0.119. The van der Waals surface area contributed by atoms with Gasteiger partial charge in [0.25, 0.3) is 0 Å². The minimum atomic E-state index is -2.84. The third-order valence-corrected chi connectivity index (χ3v) is 17.2. The lowest BCUT2D eigenvalue weighted by Crippen LogP contribution is -2.74. The van der Waals surface area contributed by atoms with Crippen molar-refractivity contribution in [2.45, 2.75) is 0 Å². The Hall–Kier alpha value is -7.86. The summed E-state index contributed by atoms with van der Waals surface area (Å²) in [5.41, 5.74) is 8.77. The first kappa shape index (κ1) is 35.1. The second-order valence-corrected chi connectivity index (χ2v) is 19.5. The van der Waals surface area contributed by atoms with Crippen LogP contribution in [-0.2, 0) is 0 Å². The minimum absolute atomic E-state index is 0.597. The highest BCUT2D eigenvalue weighted by Crippen LogP contribution is 2.40. The Balaban J connectivity index is 1.17. The lowest BCUT2D eigenvalue weighted by Gasteiger charge is -2.34. The highest BCUT2D eigenvalue weighted by atomic mass is 28.3. The molecule has 0 aliphatic heterocycles. The fraction of sp³-hybridized carbons (Fsp3) is 0. The molecule has 61 heavy (non-hydrogen) atoms. The zero-order valence-electron chi connectivity index (χ0n) is 33.1. The second kappa shape index (κ2) is 14.2. The maximum atomic E-state index is 6.85. The molecule has 0 aliphatic rings. The molecule has 0 saturated carbocycles. The molecule has 12 aromatic rings. The summed E-state index contributed by atoms with van der Waals surface area (Å²) in [6, 6.07) is 80.7. The van der Waals surface area contributed by atoms with Gasteiger partial charge in [-0.15, -0.1) is 0 Å². The van der Waals surface area contributed by atoms with Crippen molar-refractivity contribution >= 4 is 83.5 Å². The van der Waals surface area contributed by atoms with E-state index < -0.39 is 8.07 Å². The summed E-state index contributed by atoms with van der Waals surface area (Å²) in [5.74, 6) is 0.597. The average molecular weight is 796 g/mol. The summed E-state index contributed by atoms with van der Waals surface area (Å²) in [7, 11) is -2.84. The fourth-order valence-corrected chi connectivity index (χ4v) is 14.4. The van der Waals surface area contributed by atoms with Crippen LogP contribution in [0.1, 0.15) is 0 Å². The van der Waals surface area contributed by atoms with Gasteiger partial charge < -0.3 is 4.42 Å². The summed E-state index contributed by atoms with van der Waals surface area (Å²) in [6.45, 7) is 0. The maximum Gasteiger partial charge on any atom is 0.235 e. The van der Waals surface area contributed by atoms with Crippen molar-refractivity contribution in [1.29, 1.82) is 0 Å². The predicted octanol–water partition coefficient (Wildman–Crippen LogP) is 11.3. The van der Waals surface area contributed by atoms with Crippen molar-refractivity contribution in [3.05, 3.63) is 224 Å². The van der Waals surface area contributed by atoms with Crippen molar-refractivity contribution in [2.24, 2.45) is 0 Å². The van der Waals surface area contributed by atoms with Gasteiger partial charge in [0.2, 0.25) is 5.95 Å². The van der Waals surface area contributed by atoms with Gasteiger partial charge in [0.1, 0.15) is 11.1 Å². The van der Waals surface area contributed by atoms with E-state index in [1.54, 1.807) is 0 Å². The highest BCUT2D eigenvalue weighted by molar-refractivity contribution is 7.20. The molecule has 0 N–H and O–H groups in total. The molecule has 0 aliphatic carbocycles. The Bertz CT molecular complexity index is 3470. The molecule has 0 unspecified atom stereocenters. The number of hydrogen-bond acceptors (Lipinski definition) is 3. The monoisotopic (exact) mass is 795 g/mol. The molecule has 3 aromatic heterocycles. The Morgan fingerprint density at radius 1 is 0.377 bits per heavy atom. The van der Waals surface area contributed by atoms with Crippen LogP contribution in [0.2, 0.25) is 0 Å². The van der Waals surface area contributed by atoms with Crippen LogP contribution in [0, 0.1) is 0 Å². The van der Waals surface area contributed by atoms with Gasteiger partial charge in [-0.1, -0.05) is 200 Å². The second-order valence-electron chi connectivity index (χ2n) is 15.7. The minimum Gasteiger partial charge on any atom is -0.454 e. The van der Waals surface area contributed by atoms with Crippen LogP contribution in [0.4, 0.5) is 0 Å². The number of fused-ring (bicyclic) bond motifs is 8. The Morgan fingerprint density at radius 3 is 1.59 bits per heavy atom. The maximum absolute atomic E-state index is 6.85. The number of rotatable bonds is 7. The number of nitrogens with zero attached hydrogens (tertiary/aromatic N) is 3. The molecule has 5 heteroatoms. The molecule has 3 heterocycles. The van der Waals surface area contributed by atoms with Gasteiger partial charge in [0.05, 0.1) is 16.7 Å². The van der Waals surface area contributed by atoms with E-state index in [2.05, 4.69) is 223 Å². The summed E-state index contributed by atoms with van der Waals surface area (Å²) < 4.78 is 9.09. The van der Waals surface area contributed by atoms with Gasteiger partial charge in [0, 0.05) is 32.5 Å². The van der Waals surface area contributed by atoms with Crippen LogP contribution >= 0.6 is 0 Å². The molecule has 0 radical (unpaired) electrons. The normalized spacial score (nSPS) is 11.9. The van der Waals surface area contributed by atoms with Crippen molar-refractivity contribution in [3.63, 3.8) is 0 Å². The van der Waals surface area contributed by atoms with Crippen molar-refractivity contribution in [2.75, 3.05) is 0 Å². The van der Waals surface area contributed by atoms with Gasteiger partial charge in [-0.05, 0) is 56.1 Å². The summed E-state index contributed by atoms with van der Waals surface area (Å²) in [6.07, 6.45) is 0. The van der Waals surface area contributed by atoms with Gasteiger partial charge >= 0.3 is 0 Å². The van der Waals surface area contributed by atoms with Gasteiger partial charge in [-0.2, -0.15) is 0 Å². The zero-order chi connectivity index (χ0) is 40.3. The van der Waals surface area contributed by atoms with E-state index in [0.29, 0.717) is 5.95 Å². The molecule has 4 nitrogen and oxygen atoms in total. The average Bonchev–Trinajstić information content (AvgIpc) is 3.89. The van der Waals surface area contributed by atoms with E-state index in [4.69, 9.17) is 14.4 Å². The molecule has 0 saturated heterocycles. The molecule has 286 valence electrons. The SMILES string of the molecule is c1ccc(-c2ccc(-c3nc(-n4c5ccc([Si](c6ccccc6)(c6ccccc6)c6ccccc6)cc5c5ccc6c7ccccc7oc6c54)nc4ccccc34)cc2)cc1. The van der Waals surface area contributed by atoms with Crippen LogP contribution in [0.3, 0.4) is 0 Å². The van der Waals surface area contributed by atoms with Crippen LogP contribution in [0.5, 0.6) is 0 Å². The summed E-state index contributed by atoms with van der Waals surface area (Å²) >= 11 is 0. The van der Waals surface area contributed by atoms with E-state index in [0.717, 1.165) is 71.5 Å². The van der Waals surface area contributed by atoms with E-state index in [1.165, 1.54) is 26.3 Å². The topological polar surface area (TPSA) is 43.9 Å². The molecule has 0 bridgehead atoms. The molecular formula is C56H37N3OSi. The molecule has 12 rings (SSSR count). The first-order valence-corrected chi connectivity index (χ1v) is 22.7. The standard InChI is InChI=1S/C56H37N3OSi/c1-5-17-38(18-6-1)39-29-31-40(32-30-39)53-48-26-13-15-27-50(48)57-56(58-53)59-51-36-33-44(37-49(51)46-34-35-47-45-25-14-16-28-52(45)60-55(47)54(46)59)61(41-19-7-2-8-20-41,42-21-9-3-10-22-42)43-23-11-4-12-24-43/h1-37H. The number of para-hydroxylation sites is 2. The predicted molar refractivity (Wildman–Crippen MR) is 256 cm³/mol. The van der Waals surface area contributed by atoms with Gasteiger partial charge in [-0.25, -0.2) is 9.97 Å². The van der Waals surface area contributed by atoms with E-state index in [1.807, 2.05) is 6.07 Å². The highest BCUT2D eigenvalue weighted by Gasteiger charge is 2.41. The van der Waals surface area contributed by atoms with E-state index >= 15 is 0 Å². The lowest BCUT2D eigenvalue weighted by atomic mass is 10.0. The Morgan fingerprint density at radius 2 is 0.918 bits per heavy atom. The smallest absolute Gasteiger partial charge is 0.235 e. The third kappa shape index (κ3) is 5.52. The summed E-state index contributed by atoms with van der Waals surface area (Å²) in [5, 5.41) is 10.6. The number of hydrogen-bond donors (Lipinski definition) is 0. The van der Waals surface area contributed by atoms with Gasteiger partial charge in [-0.3, -0.25) is 4.57 Å². The van der Waals surface area contributed by atoms with Crippen molar-refractivity contribution < 1.29 is 4.42 Å². The zero-order valence-corrected chi connectivity index (χ0v) is 34.1. The molecule has 9 aromatic carbocycles. The van der Waals surface area contributed by atoms with Crippen LogP contribution < -0.4 is 20.7 Å². The van der Waals surface area contributed by atoms with Crippen LogP contribution in [-0.4, -0.2) is 22.6 Å².